The van der Waals surface area contributed by atoms with E-state index in [0.717, 1.165) is 9.13 Å². The molecule has 0 atom stereocenters. The van der Waals surface area contributed by atoms with E-state index in [1.807, 2.05) is 37.3 Å². The second-order valence-electron chi connectivity index (χ2n) is 4.49. The topological polar surface area (TPSA) is 44.8 Å². The third kappa shape index (κ3) is 4.13. The summed E-state index contributed by atoms with van der Waals surface area (Å²) in [6, 6.07) is 13.2. The number of esters is 1. The first-order valence-electron chi connectivity index (χ1n) is 6.87. The molecular weight excluding hydrogens is 395 g/mol. The molecule has 0 saturated carbocycles. The molecule has 0 amide bonds. The Morgan fingerprint density at radius 1 is 1.09 bits per heavy atom. The van der Waals surface area contributed by atoms with Gasteiger partial charge in [0.25, 0.3) is 0 Å². The van der Waals surface area contributed by atoms with Crippen molar-refractivity contribution in [2.75, 3.05) is 13.7 Å². The molecule has 0 heterocycles. The second-order valence-corrected chi connectivity index (χ2v) is 5.56. The van der Waals surface area contributed by atoms with E-state index in [1.165, 1.54) is 7.11 Å². The Bertz CT molecular complexity index is 641. The van der Waals surface area contributed by atoms with Crippen molar-refractivity contribution in [2.45, 2.75) is 13.5 Å². The van der Waals surface area contributed by atoms with Crippen molar-refractivity contribution in [2.24, 2.45) is 0 Å². The van der Waals surface area contributed by atoms with Gasteiger partial charge in [-0.1, -0.05) is 30.3 Å². The average molecular weight is 412 g/mol. The quantitative estimate of drug-likeness (QED) is 0.531. The third-order valence-electron chi connectivity index (χ3n) is 2.96. The van der Waals surface area contributed by atoms with Crippen molar-refractivity contribution >= 4 is 28.6 Å². The van der Waals surface area contributed by atoms with Gasteiger partial charge in [0.15, 0.2) is 0 Å². The van der Waals surface area contributed by atoms with Crippen LogP contribution >= 0.6 is 22.6 Å². The standard InChI is InChI=1S/C17H17IO4/c1-3-21-14-9-13(17(19)20-2)10-15(16(14)18)22-11-12-7-5-4-6-8-12/h4-10H,3,11H2,1-2H3. The number of carbonyl (C=O) groups excluding carboxylic acids is 1. The predicted molar refractivity (Wildman–Crippen MR) is 92.4 cm³/mol. The molecule has 5 heteroatoms. The monoisotopic (exact) mass is 412 g/mol. The molecule has 0 bridgehead atoms. The molecule has 22 heavy (non-hydrogen) atoms. The maximum atomic E-state index is 11.8. The molecular formula is C17H17IO4. The van der Waals surface area contributed by atoms with Crippen LogP contribution in [0.15, 0.2) is 42.5 Å². The highest BCUT2D eigenvalue weighted by molar-refractivity contribution is 14.1. The summed E-state index contributed by atoms with van der Waals surface area (Å²) in [6.45, 7) is 2.83. The van der Waals surface area contributed by atoms with Crippen LogP contribution in [0, 0.1) is 3.57 Å². The maximum Gasteiger partial charge on any atom is 0.338 e. The zero-order valence-electron chi connectivity index (χ0n) is 12.5. The van der Waals surface area contributed by atoms with E-state index < -0.39 is 5.97 Å². The summed E-state index contributed by atoms with van der Waals surface area (Å²) in [6.07, 6.45) is 0. The molecule has 116 valence electrons. The van der Waals surface area contributed by atoms with Gasteiger partial charge in [0.2, 0.25) is 0 Å². The molecule has 0 N–H and O–H groups in total. The first-order chi connectivity index (χ1) is 10.7. The van der Waals surface area contributed by atoms with Gasteiger partial charge in [0.1, 0.15) is 18.1 Å². The van der Waals surface area contributed by atoms with Crippen LogP contribution in [0.4, 0.5) is 0 Å². The Morgan fingerprint density at radius 2 is 1.73 bits per heavy atom. The van der Waals surface area contributed by atoms with Crippen molar-refractivity contribution in [3.05, 3.63) is 57.2 Å². The minimum absolute atomic E-state index is 0.412. The van der Waals surface area contributed by atoms with Crippen LogP contribution in [0.5, 0.6) is 11.5 Å². The molecule has 0 aromatic heterocycles. The van der Waals surface area contributed by atoms with Gasteiger partial charge >= 0.3 is 5.97 Å². The maximum absolute atomic E-state index is 11.8. The molecule has 0 radical (unpaired) electrons. The number of methoxy groups -OCH3 is 1. The van der Waals surface area contributed by atoms with Gasteiger partial charge in [-0.25, -0.2) is 4.79 Å². The summed E-state index contributed by atoms with van der Waals surface area (Å²) in [5.41, 5.74) is 1.47. The van der Waals surface area contributed by atoms with E-state index in [4.69, 9.17) is 14.2 Å². The summed E-state index contributed by atoms with van der Waals surface area (Å²) in [4.78, 5) is 11.8. The lowest BCUT2D eigenvalue weighted by Gasteiger charge is -2.14. The summed E-state index contributed by atoms with van der Waals surface area (Å²) in [5.74, 6) is 0.812. The van der Waals surface area contributed by atoms with Crippen LogP contribution in [0.25, 0.3) is 0 Å². The molecule has 0 aliphatic carbocycles. The highest BCUT2D eigenvalue weighted by atomic mass is 127. The Labute approximate surface area is 143 Å². The highest BCUT2D eigenvalue weighted by Gasteiger charge is 2.15. The van der Waals surface area contributed by atoms with E-state index in [0.29, 0.717) is 30.3 Å². The Hall–Kier alpha value is -1.76. The van der Waals surface area contributed by atoms with Crippen molar-refractivity contribution < 1.29 is 19.0 Å². The summed E-state index contributed by atoms with van der Waals surface area (Å²) >= 11 is 2.16. The number of halogens is 1. The molecule has 0 unspecified atom stereocenters. The van der Waals surface area contributed by atoms with Gasteiger partial charge in [0.05, 0.1) is 22.9 Å². The molecule has 4 nitrogen and oxygen atoms in total. The minimum Gasteiger partial charge on any atom is -0.493 e. The Morgan fingerprint density at radius 3 is 2.32 bits per heavy atom. The fraction of sp³-hybridized carbons (Fsp3) is 0.235. The van der Waals surface area contributed by atoms with Gasteiger partial charge in [-0.2, -0.15) is 0 Å². The molecule has 0 saturated heterocycles. The van der Waals surface area contributed by atoms with Crippen molar-refractivity contribution in [1.82, 2.24) is 0 Å². The van der Waals surface area contributed by atoms with Crippen LogP contribution in [-0.2, 0) is 11.3 Å². The number of hydrogen-bond donors (Lipinski definition) is 0. The minimum atomic E-state index is -0.415. The van der Waals surface area contributed by atoms with Crippen molar-refractivity contribution in [3.63, 3.8) is 0 Å². The van der Waals surface area contributed by atoms with E-state index >= 15 is 0 Å². The Kier molecular flexibility index (Phi) is 6.06. The van der Waals surface area contributed by atoms with E-state index in [1.54, 1.807) is 12.1 Å². The normalized spacial score (nSPS) is 10.1. The second kappa shape index (κ2) is 8.03. The zero-order chi connectivity index (χ0) is 15.9. The SMILES string of the molecule is CCOc1cc(C(=O)OC)cc(OCc2ccccc2)c1I. The van der Waals surface area contributed by atoms with E-state index in [-0.39, 0.29) is 0 Å². The molecule has 0 aliphatic heterocycles. The van der Waals surface area contributed by atoms with Gasteiger partial charge in [-0.3, -0.25) is 0 Å². The lowest BCUT2D eigenvalue weighted by molar-refractivity contribution is 0.0599. The van der Waals surface area contributed by atoms with Gasteiger partial charge in [-0.15, -0.1) is 0 Å². The van der Waals surface area contributed by atoms with E-state index in [9.17, 15) is 4.79 Å². The summed E-state index contributed by atoms with van der Waals surface area (Å²) in [5, 5.41) is 0. The third-order valence-corrected chi connectivity index (χ3v) is 4.03. The van der Waals surface area contributed by atoms with Crippen molar-refractivity contribution in [1.29, 1.82) is 0 Å². The number of rotatable bonds is 6. The predicted octanol–water partition coefficient (Wildman–Crippen LogP) is 4.06. The van der Waals surface area contributed by atoms with Crippen LogP contribution in [0.1, 0.15) is 22.8 Å². The fourth-order valence-electron chi connectivity index (χ4n) is 1.91. The number of hydrogen-bond acceptors (Lipinski definition) is 4. The molecule has 2 aromatic carbocycles. The van der Waals surface area contributed by atoms with Gasteiger partial charge < -0.3 is 14.2 Å². The summed E-state index contributed by atoms with van der Waals surface area (Å²) in [7, 11) is 1.35. The fourth-order valence-corrected chi connectivity index (χ4v) is 2.53. The van der Waals surface area contributed by atoms with Crippen LogP contribution in [0.3, 0.4) is 0 Å². The molecule has 0 spiro atoms. The molecule has 2 aromatic rings. The molecule has 0 aliphatic rings. The number of carbonyl (C=O) groups is 1. The first kappa shape index (κ1) is 16.6. The lowest BCUT2D eigenvalue weighted by atomic mass is 10.2. The highest BCUT2D eigenvalue weighted by Crippen LogP contribution is 2.33. The Balaban J connectivity index is 2.28. The van der Waals surface area contributed by atoms with Gasteiger partial charge in [-0.05, 0) is 47.2 Å². The van der Waals surface area contributed by atoms with E-state index in [2.05, 4.69) is 22.6 Å². The smallest absolute Gasteiger partial charge is 0.338 e. The molecule has 0 fully saturated rings. The number of benzene rings is 2. The average Bonchev–Trinajstić information content (AvgIpc) is 2.56. The van der Waals surface area contributed by atoms with Crippen LogP contribution in [-0.4, -0.2) is 19.7 Å². The lowest BCUT2D eigenvalue weighted by Crippen LogP contribution is -2.06. The van der Waals surface area contributed by atoms with Crippen LogP contribution in [0.2, 0.25) is 0 Å². The first-order valence-corrected chi connectivity index (χ1v) is 7.95. The molecule has 2 rings (SSSR count). The largest absolute Gasteiger partial charge is 0.493 e. The summed E-state index contributed by atoms with van der Waals surface area (Å²) < 4.78 is 17.0. The van der Waals surface area contributed by atoms with Gasteiger partial charge in [0, 0.05) is 0 Å². The zero-order valence-corrected chi connectivity index (χ0v) is 14.6. The van der Waals surface area contributed by atoms with Crippen molar-refractivity contribution in [3.8, 4) is 11.5 Å². The van der Waals surface area contributed by atoms with Crippen LogP contribution < -0.4 is 9.47 Å². The number of ether oxygens (including phenoxy) is 3.